The Kier molecular flexibility index (Phi) is 5.51. The van der Waals surface area contributed by atoms with Gasteiger partial charge in [-0.1, -0.05) is 24.6 Å². The molecule has 0 aliphatic carbocycles. The maximum Gasteiger partial charge on any atom is 0.287 e. The molecule has 0 bridgehead atoms. The quantitative estimate of drug-likeness (QED) is 0.457. The lowest BCUT2D eigenvalue weighted by Gasteiger charge is -2.20. The molecule has 1 aromatic carbocycles. The highest BCUT2D eigenvalue weighted by molar-refractivity contribution is 6.33. The number of hydrogen-bond donors (Lipinski definition) is 0. The van der Waals surface area contributed by atoms with E-state index in [-0.39, 0.29) is 16.6 Å². The summed E-state index contributed by atoms with van der Waals surface area (Å²) in [5, 5.41) is 10.6. The van der Waals surface area contributed by atoms with Crippen LogP contribution >= 0.6 is 11.6 Å². The van der Waals surface area contributed by atoms with Crippen molar-refractivity contribution in [3.8, 4) is 0 Å². The lowest BCUT2D eigenvalue weighted by molar-refractivity contribution is -0.384. The molecule has 102 valence electrons. The number of nitro groups is 1. The van der Waals surface area contributed by atoms with Gasteiger partial charge in [0.25, 0.3) is 11.6 Å². The third-order valence-corrected chi connectivity index (χ3v) is 2.82. The first-order valence-electron chi connectivity index (χ1n) is 5.85. The van der Waals surface area contributed by atoms with E-state index in [4.69, 9.17) is 11.6 Å². The lowest BCUT2D eigenvalue weighted by atomic mass is 10.1. The molecule has 0 aromatic heterocycles. The van der Waals surface area contributed by atoms with Crippen LogP contribution < -0.4 is 0 Å². The minimum atomic E-state index is -0.579. The van der Waals surface area contributed by atoms with Crippen molar-refractivity contribution in [2.45, 2.75) is 13.3 Å². The van der Waals surface area contributed by atoms with E-state index < -0.39 is 4.92 Å². The van der Waals surface area contributed by atoms with Gasteiger partial charge >= 0.3 is 0 Å². The van der Waals surface area contributed by atoms with Crippen LogP contribution in [-0.2, 0) is 0 Å². The number of benzene rings is 1. The molecule has 0 N–H and O–H groups in total. The van der Waals surface area contributed by atoms with E-state index in [0.717, 1.165) is 6.42 Å². The molecule has 0 spiro atoms. The zero-order valence-corrected chi connectivity index (χ0v) is 11.4. The topological polar surface area (TPSA) is 63.5 Å². The molecule has 0 fully saturated rings. The average molecular weight is 283 g/mol. The van der Waals surface area contributed by atoms with Crippen LogP contribution in [0.15, 0.2) is 30.9 Å². The average Bonchev–Trinajstić information content (AvgIpc) is 2.37. The third-order valence-electron chi connectivity index (χ3n) is 2.52. The highest BCUT2D eigenvalue weighted by Gasteiger charge is 2.18. The molecule has 1 rings (SSSR count). The Morgan fingerprint density at radius 3 is 2.74 bits per heavy atom. The fourth-order valence-electron chi connectivity index (χ4n) is 1.67. The molecule has 0 aliphatic heterocycles. The van der Waals surface area contributed by atoms with E-state index in [1.807, 2.05) is 6.92 Å². The molecule has 1 aromatic rings. The second-order valence-electron chi connectivity index (χ2n) is 3.96. The SMILES string of the molecule is C=CCN(CCC)C(=O)c1ccc([N+](=O)[O-])c(Cl)c1. The first kappa shape index (κ1) is 15.2. The summed E-state index contributed by atoms with van der Waals surface area (Å²) in [7, 11) is 0. The van der Waals surface area contributed by atoms with E-state index in [1.54, 1.807) is 11.0 Å². The Balaban J connectivity index is 3.01. The number of hydrogen-bond acceptors (Lipinski definition) is 3. The first-order valence-corrected chi connectivity index (χ1v) is 6.23. The molecule has 0 saturated heterocycles. The summed E-state index contributed by atoms with van der Waals surface area (Å²) in [6.45, 7) is 6.60. The Labute approximate surface area is 116 Å². The van der Waals surface area contributed by atoms with Crippen molar-refractivity contribution in [1.82, 2.24) is 4.90 Å². The summed E-state index contributed by atoms with van der Waals surface area (Å²) in [5.41, 5.74) is 0.134. The van der Waals surface area contributed by atoms with E-state index in [2.05, 4.69) is 6.58 Å². The molecule has 1 amide bonds. The van der Waals surface area contributed by atoms with Gasteiger partial charge in [0.15, 0.2) is 0 Å². The van der Waals surface area contributed by atoms with Crippen molar-refractivity contribution in [2.75, 3.05) is 13.1 Å². The molecule has 0 unspecified atom stereocenters. The predicted octanol–water partition coefficient (Wildman–Crippen LogP) is 3.29. The molecule has 19 heavy (non-hydrogen) atoms. The van der Waals surface area contributed by atoms with Gasteiger partial charge in [-0.2, -0.15) is 0 Å². The molecule has 0 saturated carbocycles. The van der Waals surface area contributed by atoms with Gasteiger partial charge in [0.2, 0.25) is 0 Å². The van der Waals surface area contributed by atoms with Gasteiger partial charge in [-0.25, -0.2) is 0 Å². The molecule has 0 atom stereocenters. The van der Waals surface area contributed by atoms with E-state index in [0.29, 0.717) is 18.7 Å². The smallest absolute Gasteiger partial charge is 0.287 e. The second-order valence-corrected chi connectivity index (χ2v) is 4.37. The molecular weight excluding hydrogens is 268 g/mol. The Bertz CT molecular complexity index is 503. The number of rotatable bonds is 6. The number of halogens is 1. The van der Waals surface area contributed by atoms with E-state index in [9.17, 15) is 14.9 Å². The van der Waals surface area contributed by atoms with Gasteiger partial charge in [0.05, 0.1) is 4.92 Å². The predicted molar refractivity (Wildman–Crippen MR) is 74.5 cm³/mol. The van der Waals surface area contributed by atoms with Crippen molar-refractivity contribution in [2.24, 2.45) is 0 Å². The van der Waals surface area contributed by atoms with Gasteiger partial charge in [0.1, 0.15) is 5.02 Å². The number of amides is 1. The van der Waals surface area contributed by atoms with Gasteiger partial charge in [-0.05, 0) is 18.6 Å². The van der Waals surface area contributed by atoms with Crippen molar-refractivity contribution in [3.63, 3.8) is 0 Å². The number of carbonyl (C=O) groups excluding carboxylic acids is 1. The van der Waals surface area contributed by atoms with Crippen molar-refractivity contribution >= 4 is 23.2 Å². The second kappa shape index (κ2) is 6.89. The van der Waals surface area contributed by atoms with Crippen LogP contribution in [0.4, 0.5) is 5.69 Å². The molecule has 0 aliphatic rings. The summed E-state index contributed by atoms with van der Waals surface area (Å²) in [5.74, 6) is -0.210. The van der Waals surface area contributed by atoms with Crippen LogP contribution in [0.2, 0.25) is 5.02 Å². The Morgan fingerprint density at radius 1 is 1.58 bits per heavy atom. The molecule has 5 nitrogen and oxygen atoms in total. The van der Waals surface area contributed by atoms with Crippen molar-refractivity contribution in [3.05, 3.63) is 51.6 Å². The Morgan fingerprint density at radius 2 is 2.26 bits per heavy atom. The minimum absolute atomic E-state index is 0.0362. The molecule has 0 radical (unpaired) electrons. The summed E-state index contributed by atoms with van der Waals surface area (Å²) >= 11 is 5.79. The standard InChI is InChI=1S/C13H15ClN2O3/c1-3-7-15(8-4-2)13(17)10-5-6-12(16(18)19)11(14)9-10/h3,5-6,9H,1,4,7-8H2,2H3. The number of carbonyl (C=O) groups is 1. The van der Waals surface area contributed by atoms with E-state index in [1.165, 1.54) is 18.2 Å². The highest BCUT2D eigenvalue weighted by atomic mass is 35.5. The molecule has 6 heteroatoms. The Hall–Kier alpha value is -1.88. The molecule has 0 heterocycles. The zero-order chi connectivity index (χ0) is 14.4. The first-order chi connectivity index (χ1) is 9.01. The normalized spacial score (nSPS) is 10.0. The van der Waals surface area contributed by atoms with Crippen LogP contribution in [0.25, 0.3) is 0 Å². The van der Waals surface area contributed by atoms with Gasteiger partial charge in [-0.3, -0.25) is 14.9 Å². The van der Waals surface area contributed by atoms with Crippen LogP contribution in [0.5, 0.6) is 0 Å². The van der Waals surface area contributed by atoms with Crippen molar-refractivity contribution in [1.29, 1.82) is 0 Å². The zero-order valence-electron chi connectivity index (χ0n) is 10.6. The maximum absolute atomic E-state index is 12.2. The largest absolute Gasteiger partial charge is 0.335 e. The summed E-state index contributed by atoms with van der Waals surface area (Å²) in [6, 6.07) is 3.99. The van der Waals surface area contributed by atoms with Gasteiger partial charge < -0.3 is 4.90 Å². The number of nitrogens with zero attached hydrogens (tertiary/aromatic N) is 2. The number of nitro benzene ring substituents is 1. The minimum Gasteiger partial charge on any atom is -0.335 e. The fraction of sp³-hybridized carbons (Fsp3) is 0.308. The van der Waals surface area contributed by atoms with Crippen molar-refractivity contribution < 1.29 is 9.72 Å². The fourth-order valence-corrected chi connectivity index (χ4v) is 1.92. The van der Waals surface area contributed by atoms with Crippen LogP contribution in [-0.4, -0.2) is 28.8 Å². The van der Waals surface area contributed by atoms with Gasteiger partial charge in [-0.15, -0.1) is 6.58 Å². The summed E-state index contributed by atoms with van der Waals surface area (Å²) < 4.78 is 0. The summed E-state index contributed by atoms with van der Waals surface area (Å²) in [4.78, 5) is 23.9. The third kappa shape index (κ3) is 3.79. The maximum atomic E-state index is 12.2. The summed E-state index contributed by atoms with van der Waals surface area (Å²) in [6.07, 6.45) is 2.46. The van der Waals surface area contributed by atoms with Crippen LogP contribution in [0.3, 0.4) is 0 Å². The van der Waals surface area contributed by atoms with E-state index >= 15 is 0 Å². The van der Waals surface area contributed by atoms with Crippen LogP contribution in [0, 0.1) is 10.1 Å². The van der Waals surface area contributed by atoms with Crippen LogP contribution in [0.1, 0.15) is 23.7 Å². The van der Waals surface area contributed by atoms with Gasteiger partial charge in [0, 0.05) is 24.7 Å². The highest BCUT2D eigenvalue weighted by Crippen LogP contribution is 2.25. The lowest BCUT2D eigenvalue weighted by Crippen LogP contribution is -2.31. The monoisotopic (exact) mass is 282 g/mol. The molecular formula is C13H15ClN2O3.